The van der Waals surface area contributed by atoms with Crippen molar-refractivity contribution in [3.05, 3.63) is 82.0 Å². The highest BCUT2D eigenvalue weighted by atomic mass is 16.5. The molecule has 48 heavy (non-hydrogen) atoms. The number of hydrogen-bond acceptors (Lipinski definition) is 10. The van der Waals surface area contributed by atoms with Crippen LogP contribution in [-0.4, -0.2) is 75.7 Å². The van der Waals surface area contributed by atoms with Crippen LogP contribution in [0.5, 0.6) is 17.2 Å². The third kappa shape index (κ3) is 7.73. The van der Waals surface area contributed by atoms with E-state index in [9.17, 15) is 19.5 Å². The number of pyridine rings is 3. The number of ether oxygens (including phenoxy) is 3. The van der Waals surface area contributed by atoms with E-state index < -0.39 is 17.7 Å². The van der Waals surface area contributed by atoms with Gasteiger partial charge >= 0.3 is 0 Å². The largest absolute Gasteiger partial charge is 0.493 e. The number of fused-ring (bicyclic) bond motifs is 2. The Morgan fingerprint density at radius 1 is 1.04 bits per heavy atom. The van der Waals surface area contributed by atoms with Gasteiger partial charge in [0.05, 0.1) is 31.5 Å². The average molecular weight is 656 g/mol. The number of aliphatic hydroxyl groups excluding tert-OH is 1. The maximum absolute atomic E-state index is 13.5. The number of ketones is 1. The summed E-state index contributed by atoms with van der Waals surface area (Å²) in [6, 6.07) is 12.0. The minimum Gasteiger partial charge on any atom is -0.493 e. The number of amides is 1. The minimum absolute atomic E-state index is 0.0989. The van der Waals surface area contributed by atoms with E-state index in [1.54, 1.807) is 24.4 Å². The van der Waals surface area contributed by atoms with Crippen molar-refractivity contribution in [2.24, 2.45) is 5.92 Å². The predicted molar refractivity (Wildman–Crippen MR) is 180 cm³/mol. The molecule has 0 spiro atoms. The van der Waals surface area contributed by atoms with Crippen LogP contribution >= 0.6 is 0 Å². The van der Waals surface area contributed by atoms with E-state index in [2.05, 4.69) is 20.2 Å². The first-order valence-corrected chi connectivity index (χ1v) is 16.5. The summed E-state index contributed by atoms with van der Waals surface area (Å²) in [5, 5.41) is 14.4. The Kier molecular flexibility index (Phi) is 10.4. The number of aromatic nitrogens is 3. The van der Waals surface area contributed by atoms with Crippen LogP contribution in [0.2, 0.25) is 0 Å². The molecule has 4 heterocycles. The highest BCUT2D eigenvalue weighted by Gasteiger charge is 2.28. The summed E-state index contributed by atoms with van der Waals surface area (Å²) in [6.07, 6.45) is 4.61. The number of hydrogen-bond donors (Lipinski definition) is 2. The molecule has 2 N–H and O–H groups in total. The summed E-state index contributed by atoms with van der Waals surface area (Å²) < 4.78 is 18.7. The van der Waals surface area contributed by atoms with Crippen molar-refractivity contribution in [1.82, 2.24) is 19.4 Å². The lowest BCUT2D eigenvalue weighted by Gasteiger charge is -2.26. The summed E-state index contributed by atoms with van der Waals surface area (Å²) in [6.45, 7) is 8.93. The maximum atomic E-state index is 13.5. The van der Waals surface area contributed by atoms with Crippen molar-refractivity contribution in [3.8, 4) is 17.2 Å². The molecular weight excluding hydrogens is 614 g/mol. The lowest BCUT2D eigenvalue weighted by Crippen LogP contribution is -2.37. The van der Waals surface area contributed by atoms with Gasteiger partial charge in [0, 0.05) is 55.0 Å². The molecule has 12 heteroatoms. The Morgan fingerprint density at radius 3 is 2.62 bits per heavy atom. The Hall–Kier alpha value is -4.65. The molecule has 2 aliphatic rings. The van der Waals surface area contributed by atoms with Crippen LogP contribution in [0.25, 0.3) is 10.9 Å². The van der Waals surface area contributed by atoms with Crippen LogP contribution in [0.15, 0.2) is 59.7 Å². The zero-order valence-electron chi connectivity index (χ0n) is 27.3. The number of benzene rings is 1. The predicted octanol–water partition coefficient (Wildman–Crippen LogP) is 4.99. The summed E-state index contributed by atoms with van der Waals surface area (Å²) in [7, 11) is 0. The van der Waals surface area contributed by atoms with Gasteiger partial charge in [0.2, 0.25) is 0 Å². The number of nitrogens with zero attached hydrogens (tertiary/aromatic N) is 4. The van der Waals surface area contributed by atoms with Crippen molar-refractivity contribution in [1.29, 1.82) is 0 Å². The Balaban J connectivity index is 1.12. The number of Topliss-reactive ketones (excluding diaryl/α,β-unsaturated/α-hetero) is 1. The van der Waals surface area contributed by atoms with E-state index in [4.69, 9.17) is 14.2 Å². The number of anilines is 1. The summed E-state index contributed by atoms with van der Waals surface area (Å²) >= 11 is 0. The fraction of sp³-hybridized carbons (Fsp3) is 0.417. The molecule has 0 bridgehead atoms. The Morgan fingerprint density at radius 2 is 1.85 bits per heavy atom. The molecule has 6 rings (SSSR count). The van der Waals surface area contributed by atoms with Crippen molar-refractivity contribution < 1.29 is 28.9 Å². The topological polar surface area (TPSA) is 145 Å². The summed E-state index contributed by atoms with van der Waals surface area (Å²) in [5.74, 6) is 1.18. The second kappa shape index (κ2) is 15.1. The molecule has 1 unspecified atom stereocenters. The first-order valence-electron chi connectivity index (χ1n) is 16.5. The molecule has 1 aliphatic carbocycles. The van der Waals surface area contributed by atoms with Crippen LogP contribution in [-0.2, 0) is 11.2 Å². The second-order valence-corrected chi connectivity index (χ2v) is 12.6. The first-order chi connectivity index (χ1) is 23.3. The molecule has 1 saturated heterocycles. The zero-order valence-corrected chi connectivity index (χ0v) is 27.3. The third-order valence-corrected chi connectivity index (χ3v) is 8.55. The molecule has 0 saturated carbocycles. The lowest BCUT2D eigenvalue weighted by molar-refractivity contribution is 0.0358. The number of nitrogens with one attached hydrogen (secondary N) is 1. The molecule has 252 valence electrons. The van der Waals surface area contributed by atoms with Gasteiger partial charge in [0.1, 0.15) is 34.9 Å². The molecule has 1 aliphatic heterocycles. The zero-order chi connectivity index (χ0) is 33.6. The number of carbonyl (C=O) groups is 2. The van der Waals surface area contributed by atoms with Crippen LogP contribution in [0.1, 0.15) is 72.2 Å². The molecule has 0 radical (unpaired) electrons. The monoisotopic (exact) mass is 655 g/mol. The highest BCUT2D eigenvalue weighted by molar-refractivity contribution is 6.06. The molecule has 1 fully saturated rings. The van der Waals surface area contributed by atoms with Gasteiger partial charge in [0.15, 0.2) is 5.78 Å². The van der Waals surface area contributed by atoms with Crippen LogP contribution in [0, 0.1) is 5.92 Å². The molecular formula is C36H41N5O7. The van der Waals surface area contributed by atoms with Gasteiger partial charge < -0.3 is 24.6 Å². The second-order valence-electron chi connectivity index (χ2n) is 12.6. The van der Waals surface area contributed by atoms with Gasteiger partial charge in [-0.3, -0.25) is 28.8 Å². The van der Waals surface area contributed by atoms with E-state index in [-0.39, 0.29) is 23.1 Å². The third-order valence-electron chi connectivity index (χ3n) is 8.55. The number of carbonyl (C=O) groups excluding carboxylic acids is 2. The maximum Gasteiger partial charge on any atom is 0.265 e. The van der Waals surface area contributed by atoms with Gasteiger partial charge in [-0.05, 0) is 68.0 Å². The highest BCUT2D eigenvalue weighted by Crippen LogP contribution is 2.31. The van der Waals surface area contributed by atoms with Crippen LogP contribution in [0.3, 0.4) is 0 Å². The van der Waals surface area contributed by atoms with E-state index in [1.165, 1.54) is 16.8 Å². The van der Waals surface area contributed by atoms with Gasteiger partial charge in [-0.15, -0.1) is 0 Å². The van der Waals surface area contributed by atoms with Gasteiger partial charge in [0.25, 0.3) is 11.5 Å². The fourth-order valence-electron chi connectivity index (χ4n) is 6.13. The number of rotatable bonds is 12. The number of morpholine rings is 1. The molecule has 1 aromatic carbocycles. The normalized spacial score (nSPS) is 15.7. The van der Waals surface area contributed by atoms with Crippen molar-refractivity contribution in [3.63, 3.8) is 0 Å². The Bertz CT molecular complexity index is 1830. The van der Waals surface area contributed by atoms with Crippen LogP contribution < -0.4 is 20.3 Å². The van der Waals surface area contributed by atoms with E-state index in [0.717, 1.165) is 55.9 Å². The molecule has 1 amide bonds. The van der Waals surface area contributed by atoms with Crippen LogP contribution in [0.4, 0.5) is 5.82 Å². The average Bonchev–Trinajstić information content (AvgIpc) is 3.07. The van der Waals surface area contributed by atoms with E-state index in [1.807, 2.05) is 32.0 Å². The lowest BCUT2D eigenvalue weighted by atomic mass is 9.92. The van der Waals surface area contributed by atoms with E-state index >= 15 is 0 Å². The molecule has 4 aromatic rings. The van der Waals surface area contributed by atoms with Gasteiger partial charge in [-0.2, -0.15) is 0 Å². The first kappa shape index (κ1) is 33.3. The molecule has 3 aromatic heterocycles. The molecule has 1 atom stereocenters. The van der Waals surface area contributed by atoms with Crippen molar-refractivity contribution in [2.45, 2.75) is 52.2 Å². The van der Waals surface area contributed by atoms with Crippen molar-refractivity contribution in [2.75, 3.05) is 44.8 Å². The fourth-order valence-corrected chi connectivity index (χ4v) is 6.13. The standard InChI is InChI=1S/C36H41N5O7/c1-23(2)19-34(43)41-30-5-3-6-31(42)27(30)21-28(36(41)45)35(44)39-33-10-8-25(22-38-33)48-32-11-12-37-29-20-24(7-9-26(29)32)47-16-4-13-40-14-17-46-18-15-40/h7-12,20-23,34,43H,3-6,13-19H2,1-2H3,(H,38,39,44). The minimum atomic E-state index is -1.14. The van der Waals surface area contributed by atoms with Crippen molar-refractivity contribution >= 4 is 28.4 Å². The number of aliphatic hydroxyl groups is 1. The molecule has 12 nitrogen and oxygen atoms in total. The smallest absolute Gasteiger partial charge is 0.265 e. The quantitative estimate of drug-likeness (QED) is 0.200. The van der Waals surface area contributed by atoms with Gasteiger partial charge in [-0.1, -0.05) is 13.8 Å². The van der Waals surface area contributed by atoms with Gasteiger partial charge in [-0.25, -0.2) is 4.98 Å². The summed E-state index contributed by atoms with van der Waals surface area (Å²) in [4.78, 5) is 50.7. The summed E-state index contributed by atoms with van der Waals surface area (Å²) in [5.41, 5.74) is 0.644. The Labute approximate surface area is 278 Å². The van der Waals surface area contributed by atoms with E-state index in [0.29, 0.717) is 55.0 Å². The SMILES string of the molecule is CC(C)CC(O)n1c2c(cc(C(=O)Nc3ccc(Oc4ccnc5cc(OCCCN6CCOCC6)ccc45)cn3)c1=O)C(=O)CCC2.